The van der Waals surface area contributed by atoms with Gasteiger partial charge in [-0.05, 0) is 55.2 Å². The van der Waals surface area contributed by atoms with Crippen molar-refractivity contribution in [1.82, 2.24) is 10.6 Å². The van der Waals surface area contributed by atoms with Gasteiger partial charge in [0.1, 0.15) is 5.75 Å². The maximum absolute atomic E-state index is 12.0. The highest BCUT2D eigenvalue weighted by atomic mass is 32.1. The van der Waals surface area contributed by atoms with Gasteiger partial charge in [0, 0.05) is 34.2 Å². The molecule has 5 heteroatoms. The number of carbonyl (C=O) groups is 1. The molecule has 1 unspecified atom stereocenters. The van der Waals surface area contributed by atoms with Crippen LogP contribution in [0.2, 0.25) is 0 Å². The van der Waals surface area contributed by atoms with Gasteiger partial charge in [-0.25, -0.2) is 4.79 Å². The fraction of sp³-hybridized carbons (Fsp3) is 0.500. The third kappa shape index (κ3) is 2.67. The molecular weight excluding hydrogens is 308 g/mol. The molecule has 0 aliphatic heterocycles. The Morgan fingerprint density at radius 2 is 2.22 bits per heavy atom. The third-order valence-corrected chi connectivity index (χ3v) is 6.15. The quantitative estimate of drug-likeness (QED) is 0.896. The highest BCUT2D eigenvalue weighted by Gasteiger charge is 2.26. The number of aryl methyl sites for hydroxylation is 1. The Balaban J connectivity index is 1.50. The van der Waals surface area contributed by atoms with E-state index < -0.39 is 0 Å². The van der Waals surface area contributed by atoms with Crippen LogP contribution in [0.3, 0.4) is 0 Å². The lowest BCUT2D eigenvalue weighted by molar-refractivity contribution is 0.227. The molecule has 0 spiro atoms. The Hall–Kier alpha value is -1.75. The number of hydrogen-bond donors (Lipinski definition) is 2. The molecule has 1 fully saturated rings. The summed E-state index contributed by atoms with van der Waals surface area (Å²) in [7, 11) is 1.74. The molecule has 23 heavy (non-hydrogen) atoms. The van der Waals surface area contributed by atoms with E-state index in [-0.39, 0.29) is 6.03 Å². The Kier molecular flexibility index (Phi) is 3.89. The SMILES string of the molecule is COc1ccc2scc3c2c1CCC3CNC(=O)NC1CCC1. The smallest absolute Gasteiger partial charge is 0.315 e. The number of urea groups is 1. The van der Waals surface area contributed by atoms with Gasteiger partial charge in [0.25, 0.3) is 0 Å². The van der Waals surface area contributed by atoms with Crippen LogP contribution in [0.1, 0.15) is 42.7 Å². The number of amides is 2. The van der Waals surface area contributed by atoms with Crippen molar-refractivity contribution in [2.24, 2.45) is 0 Å². The summed E-state index contributed by atoms with van der Waals surface area (Å²) in [5, 5.41) is 9.72. The number of rotatable bonds is 4. The van der Waals surface area contributed by atoms with E-state index in [1.54, 1.807) is 18.4 Å². The first-order valence-corrected chi connectivity index (χ1v) is 9.25. The first-order chi connectivity index (χ1) is 11.3. The molecule has 122 valence electrons. The van der Waals surface area contributed by atoms with Crippen molar-refractivity contribution >= 4 is 27.5 Å². The predicted molar refractivity (Wildman–Crippen MR) is 93.6 cm³/mol. The van der Waals surface area contributed by atoms with Gasteiger partial charge in [-0.1, -0.05) is 0 Å². The number of hydrogen-bond acceptors (Lipinski definition) is 3. The minimum absolute atomic E-state index is 0.0161. The van der Waals surface area contributed by atoms with Crippen LogP contribution in [0.25, 0.3) is 10.1 Å². The molecule has 2 amide bonds. The van der Waals surface area contributed by atoms with Gasteiger partial charge < -0.3 is 15.4 Å². The number of ether oxygens (including phenoxy) is 1. The molecular formula is C18H22N2O2S. The van der Waals surface area contributed by atoms with Crippen LogP contribution in [-0.4, -0.2) is 25.7 Å². The average molecular weight is 330 g/mol. The molecule has 2 aliphatic carbocycles. The van der Waals surface area contributed by atoms with E-state index in [1.807, 2.05) is 0 Å². The predicted octanol–water partition coefficient (Wildman–Crippen LogP) is 3.79. The van der Waals surface area contributed by atoms with Gasteiger partial charge in [-0.15, -0.1) is 11.3 Å². The summed E-state index contributed by atoms with van der Waals surface area (Å²) in [5.41, 5.74) is 2.70. The number of nitrogens with one attached hydrogen (secondary N) is 2. The minimum atomic E-state index is -0.0161. The first-order valence-electron chi connectivity index (χ1n) is 8.37. The van der Waals surface area contributed by atoms with Gasteiger partial charge >= 0.3 is 6.03 Å². The molecule has 1 aromatic heterocycles. The van der Waals surface area contributed by atoms with E-state index >= 15 is 0 Å². The fourth-order valence-corrected chi connectivity index (χ4v) is 4.71. The number of methoxy groups -OCH3 is 1. The van der Waals surface area contributed by atoms with Crippen LogP contribution in [0, 0.1) is 0 Å². The molecule has 1 heterocycles. The molecule has 1 saturated carbocycles. The van der Waals surface area contributed by atoms with Crippen LogP contribution in [0.4, 0.5) is 4.79 Å². The lowest BCUT2D eigenvalue weighted by atomic mass is 9.84. The zero-order valence-electron chi connectivity index (χ0n) is 13.4. The third-order valence-electron chi connectivity index (χ3n) is 5.19. The van der Waals surface area contributed by atoms with Crippen LogP contribution in [0.5, 0.6) is 5.75 Å². The fourth-order valence-electron chi connectivity index (χ4n) is 3.64. The van der Waals surface area contributed by atoms with E-state index in [1.165, 1.54) is 27.6 Å². The summed E-state index contributed by atoms with van der Waals surface area (Å²) >= 11 is 1.79. The number of benzene rings is 1. The summed E-state index contributed by atoms with van der Waals surface area (Å²) < 4.78 is 6.84. The van der Waals surface area contributed by atoms with E-state index in [0.717, 1.165) is 31.4 Å². The average Bonchev–Trinajstić information content (AvgIpc) is 2.96. The zero-order chi connectivity index (χ0) is 15.8. The van der Waals surface area contributed by atoms with E-state index in [0.29, 0.717) is 18.5 Å². The highest BCUT2D eigenvalue weighted by molar-refractivity contribution is 7.17. The second kappa shape index (κ2) is 6.04. The molecule has 1 aromatic carbocycles. The molecule has 2 aromatic rings. The Morgan fingerprint density at radius 1 is 1.35 bits per heavy atom. The Bertz CT molecular complexity index is 736. The lowest BCUT2D eigenvalue weighted by Crippen LogP contribution is -2.46. The van der Waals surface area contributed by atoms with Crippen molar-refractivity contribution in [2.75, 3.05) is 13.7 Å². The van der Waals surface area contributed by atoms with Crippen LogP contribution >= 0.6 is 11.3 Å². The van der Waals surface area contributed by atoms with Gasteiger partial charge in [-0.3, -0.25) is 0 Å². The Labute approximate surface area is 140 Å². The van der Waals surface area contributed by atoms with E-state index in [2.05, 4.69) is 28.1 Å². The second-order valence-electron chi connectivity index (χ2n) is 6.53. The number of thiophene rings is 1. The lowest BCUT2D eigenvalue weighted by Gasteiger charge is -2.28. The Morgan fingerprint density at radius 3 is 2.96 bits per heavy atom. The van der Waals surface area contributed by atoms with E-state index in [9.17, 15) is 4.79 Å². The van der Waals surface area contributed by atoms with Crippen molar-refractivity contribution in [3.63, 3.8) is 0 Å². The molecule has 0 bridgehead atoms. The van der Waals surface area contributed by atoms with Crippen molar-refractivity contribution in [1.29, 1.82) is 0 Å². The minimum Gasteiger partial charge on any atom is -0.496 e. The summed E-state index contributed by atoms with van der Waals surface area (Å²) in [6, 6.07) is 4.59. The summed E-state index contributed by atoms with van der Waals surface area (Å²) in [5.74, 6) is 1.39. The van der Waals surface area contributed by atoms with Gasteiger partial charge in [0.2, 0.25) is 0 Å². The molecule has 0 radical (unpaired) electrons. The normalized spacial score (nSPS) is 20.1. The summed E-state index contributed by atoms with van der Waals surface area (Å²) in [6.45, 7) is 0.709. The van der Waals surface area contributed by atoms with Crippen LogP contribution < -0.4 is 15.4 Å². The molecule has 0 saturated heterocycles. The monoisotopic (exact) mass is 330 g/mol. The topological polar surface area (TPSA) is 50.4 Å². The zero-order valence-corrected chi connectivity index (χ0v) is 14.2. The van der Waals surface area contributed by atoms with Gasteiger partial charge in [0.05, 0.1) is 7.11 Å². The van der Waals surface area contributed by atoms with E-state index in [4.69, 9.17) is 4.74 Å². The molecule has 4 rings (SSSR count). The maximum Gasteiger partial charge on any atom is 0.315 e. The molecule has 4 nitrogen and oxygen atoms in total. The van der Waals surface area contributed by atoms with Crippen molar-refractivity contribution < 1.29 is 9.53 Å². The van der Waals surface area contributed by atoms with Crippen LogP contribution in [0.15, 0.2) is 17.5 Å². The highest BCUT2D eigenvalue weighted by Crippen LogP contribution is 2.43. The first kappa shape index (κ1) is 14.8. The molecule has 1 atom stereocenters. The second-order valence-corrected chi connectivity index (χ2v) is 7.44. The summed E-state index contributed by atoms with van der Waals surface area (Å²) in [6.07, 6.45) is 5.55. The van der Waals surface area contributed by atoms with Crippen LogP contribution in [-0.2, 0) is 6.42 Å². The van der Waals surface area contributed by atoms with Crippen molar-refractivity contribution in [3.05, 3.63) is 28.6 Å². The standard InChI is InChI=1S/C18H22N2O2S/c1-22-15-7-8-16-17-13(15)6-5-11(14(17)10-23-16)9-19-18(21)20-12-3-2-4-12/h7-8,10-12H,2-6,9H2,1H3,(H2,19,20,21). The van der Waals surface area contributed by atoms with Gasteiger partial charge in [-0.2, -0.15) is 0 Å². The van der Waals surface area contributed by atoms with Gasteiger partial charge in [0.15, 0.2) is 0 Å². The molecule has 2 aliphatic rings. The number of carbonyl (C=O) groups excluding carboxylic acids is 1. The van der Waals surface area contributed by atoms with Crippen molar-refractivity contribution in [2.45, 2.75) is 44.1 Å². The largest absolute Gasteiger partial charge is 0.496 e. The van der Waals surface area contributed by atoms with Crippen molar-refractivity contribution in [3.8, 4) is 5.75 Å². The summed E-state index contributed by atoms with van der Waals surface area (Å²) in [4.78, 5) is 12.0. The molecule has 2 N–H and O–H groups in total. The maximum atomic E-state index is 12.0.